The Hall–Kier alpha value is -0.0400. The summed E-state index contributed by atoms with van der Waals surface area (Å²) in [5.74, 6) is 1.06. The molecule has 0 amide bonds. The first-order valence-corrected chi connectivity index (χ1v) is 6.29. The van der Waals surface area contributed by atoms with Gasteiger partial charge in [0.1, 0.15) is 0 Å². The zero-order valence-corrected chi connectivity index (χ0v) is 10.0. The lowest BCUT2D eigenvalue weighted by Gasteiger charge is -2.43. The monoisotopic (exact) mass is 195 g/mol. The van der Waals surface area contributed by atoms with Crippen molar-refractivity contribution in [2.45, 2.75) is 76.8 Å². The first-order valence-electron chi connectivity index (χ1n) is 6.29. The Morgan fingerprint density at radius 2 is 1.64 bits per heavy atom. The molecule has 3 aliphatic rings. The molecule has 0 aliphatic heterocycles. The molecule has 0 radical (unpaired) electrons. The van der Waals surface area contributed by atoms with Crippen molar-refractivity contribution >= 4 is 0 Å². The average Bonchev–Trinajstić information content (AvgIpc) is 2.33. The summed E-state index contributed by atoms with van der Waals surface area (Å²) >= 11 is 0. The second kappa shape index (κ2) is 3.52. The van der Waals surface area contributed by atoms with Crippen LogP contribution in [0, 0.1) is 5.92 Å². The normalized spacial score (nSPS) is 38.4. The Bertz CT molecular complexity index is 188. The van der Waals surface area contributed by atoms with E-state index in [1.165, 1.54) is 44.9 Å². The van der Waals surface area contributed by atoms with Gasteiger partial charge in [-0.05, 0) is 58.8 Å². The summed E-state index contributed by atoms with van der Waals surface area (Å²) in [6.07, 6.45) is 10.2. The van der Waals surface area contributed by atoms with Gasteiger partial charge in [0, 0.05) is 11.1 Å². The molecule has 3 aliphatic carbocycles. The summed E-state index contributed by atoms with van der Waals surface area (Å²) in [5, 5.41) is 3.90. The maximum absolute atomic E-state index is 3.90. The second-order valence-electron chi connectivity index (χ2n) is 6.49. The van der Waals surface area contributed by atoms with Crippen LogP contribution in [-0.2, 0) is 0 Å². The molecule has 82 valence electrons. The molecule has 0 heterocycles. The highest BCUT2D eigenvalue weighted by Gasteiger charge is 2.39. The third-order valence-electron chi connectivity index (χ3n) is 3.97. The Morgan fingerprint density at radius 1 is 1.00 bits per heavy atom. The highest BCUT2D eigenvalue weighted by Crippen LogP contribution is 2.42. The van der Waals surface area contributed by atoms with Gasteiger partial charge < -0.3 is 5.32 Å². The standard InChI is InChI=1S/C13H25N/c1-12(2,3)14-13-8-4-5-11(6-9-13)7-10-13/h11,14H,4-10H2,1-3H3. The molecule has 0 spiro atoms. The van der Waals surface area contributed by atoms with Gasteiger partial charge in [0.25, 0.3) is 0 Å². The van der Waals surface area contributed by atoms with Crippen LogP contribution in [0.4, 0.5) is 0 Å². The highest BCUT2D eigenvalue weighted by atomic mass is 15.0. The van der Waals surface area contributed by atoms with Crippen molar-refractivity contribution in [2.24, 2.45) is 5.92 Å². The predicted molar refractivity (Wildman–Crippen MR) is 61.4 cm³/mol. The van der Waals surface area contributed by atoms with E-state index in [0.29, 0.717) is 5.54 Å². The number of rotatable bonds is 1. The summed E-state index contributed by atoms with van der Waals surface area (Å²) in [4.78, 5) is 0. The minimum absolute atomic E-state index is 0.289. The fourth-order valence-corrected chi connectivity index (χ4v) is 3.48. The van der Waals surface area contributed by atoms with Gasteiger partial charge in [-0.1, -0.05) is 12.8 Å². The van der Waals surface area contributed by atoms with Crippen LogP contribution >= 0.6 is 0 Å². The van der Waals surface area contributed by atoms with Crippen LogP contribution in [-0.4, -0.2) is 11.1 Å². The Labute approximate surface area is 88.7 Å². The van der Waals surface area contributed by atoms with Crippen molar-refractivity contribution in [3.8, 4) is 0 Å². The molecule has 2 bridgehead atoms. The molecule has 3 saturated carbocycles. The van der Waals surface area contributed by atoms with Gasteiger partial charge in [-0.2, -0.15) is 0 Å². The fourth-order valence-electron chi connectivity index (χ4n) is 3.48. The van der Waals surface area contributed by atoms with Gasteiger partial charge in [0.05, 0.1) is 0 Å². The van der Waals surface area contributed by atoms with E-state index in [9.17, 15) is 0 Å². The fraction of sp³-hybridized carbons (Fsp3) is 1.00. The van der Waals surface area contributed by atoms with E-state index in [-0.39, 0.29) is 5.54 Å². The van der Waals surface area contributed by atoms with Gasteiger partial charge in [-0.25, -0.2) is 0 Å². The smallest absolute Gasteiger partial charge is 0.0186 e. The average molecular weight is 195 g/mol. The molecule has 0 atom stereocenters. The van der Waals surface area contributed by atoms with E-state index < -0.39 is 0 Å². The van der Waals surface area contributed by atoms with Crippen LogP contribution < -0.4 is 5.32 Å². The summed E-state index contributed by atoms with van der Waals surface area (Å²) in [7, 11) is 0. The van der Waals surface area contributed by atoms with Crippen LogP contribution in [0.15, 0.2) is 0 Å². The van der Waals surface area contributed by atoms with E-state index in [1.54, 1.807) is 0 Å². The van der Waals surface area contributed by atoms with Crippen LogP contribution in [0.5, 0.6) is 0 Å². The van der Waals surface area contributed by atoms with E-state index in [1.807, 2.05) is 0 Å². The molecule has 1 heteroatoms. The third-order valence-corrected chi connectivity index (χ3v) is 3.97. The van der Waals surface area contributed by atoms with E-state index in [2.05, 4.69) is 26.1 Å². The lowest BCUT2D eigenvalue weighted by molar-refractivity contribution is 0.166. The van der Waals surface area contributed by atoms with Crippen molar-refractivity contribution in [3.63, 3.8) is 0 Å². The summed E-state index contributed by atoms with van der Waals surface area (Å²) in [5.41, 5.74) is 0.794. The lowest BCUT2D eigenvalue weighted by Crippen LogP contribution is -2.54. The third kappa shape index (κ3) is 2.31. The molecular weight excluding hydrogens is 170 g/mol. The second-order valence-corrected chi connectivity index (χ2v) is 6.49. The number of hydrogen-bond donors (Lipinski definition) is 1. The lowest BCUT2D eigenvalue weighted by atomic mass is 9.77. The molecule has 1 nitrogen and oxygen atoms in total. The van der Waals surface area contributed by atoms with E-state index >= 15 is 0 Å². The molecule has 0 aromatic heterocycles. The van der Waals surface area contributed by atoms with Gasteiger partial charge in [0.15, 0.2) is 0 Å². The molecule has 0 aromatic carbocycles. The van der Waals surface area contributed by atoms with Crippen LogP contribution in [0.2, 0.25) is 0 Å². The van der Waals surface area contributed by atoms with Crippen LogP contribution in [0.3, 0.4) is 0 Å². The Morgan fingerprint density at radius 3 is 2.21 bits per heavy atom. The molecule has 14 heavy (non-hydrogen) atoms. The van der Waals surface area contributed by atoms with Gasteiger partial charge >= 0.3 is 0 Å². The molecule has 0 unspecified atom stereocenters. The topological polar surface area (TPSA) is 12.0 Å². The van der Waals surface area contributed by atoms with Crippen molar-refractivity contribution in [3.05, 3.63) is 0 Å². The highest BCUT2D eigenvalue weighted by molar-refractivity contribution is 4.98. The molecule has 0 aromatic rings. The number of nitrogens with one attached hydrogen (secondary N) is 1. The number of fused-ring (bicyclic) bond motifs is 4. The molecule has 3 fully saturated rings. The zero-order chi connectivity index (χ0) is 10.2. The van der Waals surface area contributed by atoms with Crippen molar-refractivity contribution in [2.75, 3.05) is 0 Å². The minimum Gasteiger partial charge on any atom is -0.307 e. The first kappa shape index (κ1) is 10.5. The van der Waals surface area contributed by atoms with Crippen LogP contribution in [0.25, 0.3) is 0 Å². The number of hydrogen-bond acceptors (Lipinski definition) is 1. The van der Waals surface area contributed by atoms with Gasteiger partial charge in [0.2, 0.25) is 0 Å². The quantitative estimate of drug-likeness (QED) is 0.675. The van der Waals surface area contributed by atoms with Crippen molar-refractivity contribution in [1.82, 2.24) is 5.32 Å². The largest absolute Gasteiger partial charge is 0.307 e. The van der Waals surface area contributed by atoms with Crippen molar-refractivity contribution in [1.29, 1.82) is 0 Å². The Kier molecular flexibility index (Phi) is 2.63. The zero-order valence-electron chi connectivity index (χ0n) is 10.0. The molecule has 3 rings (SSSR count). The van der Waals surface area contributed by atoms with Crippen molar-refractivity contribution < 1.29 is 0 Å². The Balaban J connectivity index is 2.06. The predicted octanol–water partition coefficient (Wildman–Crippen LogP) is 3.49. The van der Waals surface area contributed by atoms with Gasteiger partial charge in [-0.3, -0.25) is 0 Å². The molecular formula is C13H25N. The maximum Gasteiger partial charge on any atom is 0.0186 e. The summed E-state index contributed by atoms with van der Waals surface area (Å²) < 4.78 is 0. The summed E-state index contributed by atoms with van der Waals surface area (Å²) in [6.45, 7) is 6.91. The van der Waals surface area contributed by atoms with E-state index in [4.69, 9.17) is 0 Å². The maximum atomic E-state index is 3.90. The summed E-state index contributed by atoms with van der Waals surface area (Å²) in [6, 6.07) is 0. The SMILES string of the molecule is CC(C)(C)NC12CCCC(CC1)CC2. The van der Waals surface area contributed by atoms with Crippen LogP contribution in [0.1, 0.15) is 65.7 Å². The minimum atomic E-state index is 0.289. The van der Waals surface area contributed by atoms with E-state index in [0.717, 1.165) is 5.92 Å². The molecule has 0 saturated heterocycles. The first-order chi connectivity index (χ1) is 6.49. The molecule has 1 N–H and O–H groups in total. The van der Waals surface area contributed by atoms with Gasteiger partial charge in [-0.15, -0.1) is 0 Å².